The van der Waals surface area contributed by atoms with Gasteiger partial charge < -0.3 is 10.8 Å². The third kappa shape index (κ3) is 2.53. The zero-order valence-corrected chi connectivity index (χ0v) is 12.3. The van der Waals surface area contributed by atoms with Crippen LogP contribution in [0, 0.1) is 23.2 Å². The molecule has 1 aliphatic carbocycles. The number of aliphatic hydroxyl groups is 1. The van der Waals surface area contributed by atoms with Crippen molar-refractivity contribution in [2.24, 2.45) is 28.9 Å². The van der Waals surface area contributed by atoms with Crippen LogP contribution in [0.25, 0.3) is 0 Å². The van der Waals surface area contributed by atoms with Crippen molar-refractivity contribution in [3.8, 4) is 0 Å². The summed E-state index contributed by atoms with van der Waals surface area (Å²) in [6.07, 6.45) is 4.26. The van der Waals surface area contributed by atoms with Crippen LogP contribution in [-0.2, 0) is 0 Å². The van der Waals surface area contributed by atoms with Crippen molar-refractivity contribution in [2.75, 3.05) is 6.54 Å². The van der Waals surface area contributed by atoms with Gasteiger partial charge in [-0.2, -0.15) is 0 Å². The predicted molar refractivity (Wildman–Crippen MR) is 73.7 cm³/mol. The molecule has 102 valence electrons. The van der Waals surface area contributed by atoms with Crippen LogP contribution in [0.2, 0.25) is 0 Å². The molecule has 0 aromatic heterocycles. The molecule has 0 aromatic carbocycles. The van der Waals surface area contributed by atoms with Crippen molar-refractivity contribution in [2.45, 2.75) is 65.9 Å². The van der Waals surface area contributed by atoms with Crippen molar-refractivity contribution < 1.29 is 5.11 Å². The Balaban J connectivity index is 3.08. The molecule has 2 heteroatoms. The molecule has 0 heterocycles. The van der Waals surface area contributed by atoms with Crippen LogP contribution < -0.4 is 5.73 Å². The highest BCUT2D eigenvalue weighted by Gasteiger charge is 2.53. The Bertz CT molecular complexity index is 247. The fourth-order valence-electron chi connectivity index (χ4n) is 3.69. The smallest absolute Gasteiger partial charge is 0.0745 e. The van der Waals surface area contributed by atoms with Gasteiger partial charge in [-0.05, 0) is 37.0 Å². The fourth-order valence-corrected chi connectivity index (χ4v) is 3.69. The normalized spacial score (nSPS) is 38.1. The first-order valence-corrected chi connectivity index (χ1v) is 7.23. The summed E-state index contributed by atoms with van der Waals surface area (Å²) in [6, 6.07) is 0. The molecule has 0 aromatic rings. The molecule has 1 saturated carbocycles. The van der Waals surface area contributed by atoms with E-state index in [2.05, 4.69) is 34.6 Å². The molecule has 1 aliphatic rings. The van der Waals surface area contributed by atoms with E-state index in [0.717, 1.165) is 19.3 Å². The lowest BCUT2D eigenvalue weighted by Crippen LogP contribution is -2.59. The Labute approximate surface area is 107 Å². The van der Waals surface area contributed by atoms with Gasteiger partial charge in [0.05, 0.1) is 5.60 Å². The second kappa shape index (κ2) is 5.27. The van der Waals surface area contributed by atoms with Crippen LogP contribution >= 0.6 is 0 Å². The number of hydrogen-bond donors (Lipinski definition) is 2. The molecule has 1 fully saturated rings. The summed E-state index contributed by atoms with van der Waals surface area (Å²) in [5.41, 5.74) is 5.26. The molecule has 0 radical (unpaired) electrons. The third-order valence-electron chi connectivity index (χ3n) is 5.32. The molecule has 0 aliphatic heterocycles. The van der Waals surface area contributed by atoms with E-state index in [9.17, 15) is 5.11 Å². The van der Waals surface area contributed by atoms with E-state index in [4.69, 9.17) is 5.73 Å². The first-order chi connectivity index (χ1) is 7.80. The van der Waals surface area contributed by atoms with Gasteiger partial charge in [0.2, 0.25) is 0 Å². The second-order valence-corrected chi connectivity index (χ2v) is 6.78. The van der Waals surface area contributed by atoms with Gasteiger partial charge in [0.15, 0.2) is 0 Å². The Kier molecular flexibility index (Phi) is 4.65. The van der Waals surface area contributed by atoms with E-state index < -0.39 is 5.60 Å². The Morgan fingerprint density at radius 1 is 1.41 bits per heavy atom. The van der Waals surface area contributed by atoms with Crippen molar-refractivity contribution in [1.82, 2.24) is 0 Å². The van der Waals surface area contributed by atoms with E-state index >= 15 is 0 Å². The molecule has 4 unspecified atom stereocenters. The quantitative estimate of drug-likeness (QED) is 0.794. The number of nitrogens with two attached hydrogens (primary N) is 1. The average molecular weight is 241 g/mol. The first kappa shape index (κ1) is 15.0. The fraction of sp³-hybridized carbons (Fsp3) is 1.00. The topological polar surface area (TPSA) is 46.2 Å². The zero-order valence-electron chi connectivity index (χ0n) is 12.3. The highest BCUT2D eigenvalue weighted by atomic mass is 16.3. The molecule has 0 spiro atoms. The maximum absolute atomic E-state index is 11.3. The zero-order chi connectivity index (χ0) is 13.3. The molecular weight excluding hydrogens is 210 g/mol. The van der Waals surface area contributed by atoms with Crippen LogP contribution in [0.4, 0.5) is 0 Å². The summed E-state index contributed by atoms with van der Waals surface area (Å²) >= 11 is 0. The van der Waals surface area contributed by atoms with Gasteiger partial charge in [-0.15, -0.1) is 0 Å². The molecule has 4 atom stereocenters. The average Bonchev–Trinajstić information content (AvgIpc) is 2.27. The van der Waals surface area contributed by atoms with Crippen LogP contribution in [0.3, 0.4) is 0 Å². The minimum Gasteiger partial charge on any atom is -0.389 e. The van der Waals surface area contributed by atoms with Gasteiger partial charge >= 0.3 is 0 Å². The maximum atomic E-state index is 11.3. The SMILES string of the molecule is CCC(C)(CN)C1(O)CC(C)CCC1C(C)C. The highest BCUT2D eigenvalue weighted by molar-refractivity contribution is 5.04. The molecule has 0 amide bonds. The number of rotatable bonds is 4. The molecule has 3 N–H and O–H groups in total. The standard InChI is InChI=1S/C15H31NO/c1-6-14(5,10-16)15(17)9-12(4)7-8-13(15)11(2)3/h11-13,17H,6-10,16H2,1-5H3. The van der Waals surface area contributed by atoms with Crippen molar-refractivity contribution >= 4 is 0 Å². The summed E-state index contributed by atoms with van der Waals surface area (Å²) in [5.74, 6) is 1.55. The Morgan fingerprint density at radius 3 is 2.41 bits per heavy atom. The summed E-state index contributed by atoms with van der Waals surface area (Å²) in [6.45, 7) is 11.6. The van der Waals surface area contributed by atoms with Gasteiger partial charge in [-0.25, -0.2) is 0 Å². The maximum Gasteiger partial charge on any atom is 0.0745 e. The summed E-state index contributed by atoms with van der Waals surface area (Å²) in [5, 5.41) is 11.3. The van der Waals surface area contributed by atoms with E-state index in [1.165, 1.54) is 6.42 Å². The monoisotopic (exact) mass is 241 g/mol. The van der Waals surface area contributed by atoms with Gasteiger partial charge in [-0.3, -0.25) is 0 Å². The van der Waals surface area contributed by atoms with Gasteiger partial charge in [0, 0.05) is 12.0 Å². The second-order valence-electron chi connectivity index (χ2n) is 6.78. The van der Waals surface area contributed by atoms with Crippen molar-refractivity contribution in [3.63, 3.8) is 0 Å². The molecule has 0 bridgehead atoms. The lowest BCUT2D eigenvalue weighted by atomic mass is 9.55. The lowest BCUT2D eigenvalue weighted by molar-refractivity contribution is -0.161. The Morgan fingerprint density at radius 2 is 2.00 bits per heavy atom. The van der Waals surface area contributed by atoms with Crippen LogP contribution in [0.5, 0.6) is 0 Å². The predicted octanol–water partition coefficient (Wildman–Crippen LogP) is 3.18. The summed E-state index contributed by atoms with van der Waals surface area (Å²) < 4.78 is 0. The van der Waals surface area contributed by atoms with E-state index in [0.29, 0.717) is 24.3 Å². The highest BCUT2D eigenvalue weighted by Crippen LogP contribution is 2.51. The van der Waals surface area contributed by atoms with Gasteiger partial charge in [0.25, 0.3) is 0 Å². The molecular formula is C15H31NO. The van der Waals surface area contributed by atoms with E-state index in [1.54, 1.807) is 0 Å². The minimum atomic E-state index is -0.581. The molecule has 17 heavy (non-hydrogen) atoms. The van der Waals surface area contributed by atoms with E-state index in [-0.39, 0.29) is 5.41 Å². The summed E-state index contributed by atoms with van der Waals surface area (Å²) in [7, 11) is 0. The van der Waals surface area contributed by atoms with Crippen molar-refractivity contribution in [3.05, 3.63) is 0 Å². The lowest BCUT2D eigenvalue weighted by Gasteiger charge is -2.54. The molecule has 0 saturated heterocycles. The van der Waals surface area contributed by atoms with Gasteiger partial charge in [0.1, 0.15) is 0 Å². The van der Waals surface area contributed by atoms with Crippen LogP contribution in [0.15, 0.2) is 0 Å². The van der Waals surface area contributed by atoms with E-state index in [1.807, 2.05) is 0 Å². The summed E-state index contributed by atoms with van der Waals surface area (Å²) in [4.78, 5) is 0. The van der Waals surface area contributed by atoms with Crippen LogP contribution in [-0.4, -0.2) is 17.3 Å². The third-order valence-corrected chi connectivity index (χ3v) is 5.32. The Hall–Kier alpha value is -0.0800. The molecule has 2 nitrogen and oxygen atoms in total. The minimum absolute atomic E-state index is 0.142. The molecule has 1 rings (SSSR count). The number of hydrogen-bond acceptors (Lipinski definition) is 2. The van der Waals surface area contributed by atoms with Gasteiger partial charge in [-0.1, -0.05) is 41.0 Å². The largest absolute Gasteiger partial charge is 0.389 e. The first-order valence-electron chi connectivity index (χ1n) is 7.23. The van der Waals surface area contributed by atoms with Crippen molar-refractivity contribution in [1.29, 1.82) is 0 Å². The van der Waals surface area contributed by atoms with Crippen LogP contribution in [0.1, 0.15) is 60.3 Å².